The number of halogens is 1. The third kappa shape index (κ3) is 9.25. The van der Waals surface area contributed by atoms with Crippen LogP contribution in [0.5, 0.6) is 5.75 Å². The molecule has 1 amide bonds. The Morgan fingerprint density at radius 1 is 1.22 bits per heavy atom. The number of morpholine rings is 1. The van der Waals surface area contributed by atoms with Crippen LogP contribution in [0.25, 0.3) is 0 Å². The molecule has 0 bridgehead atoms. The van der Waals surface area contributed by atoms with Crippen molar-refractivity contribution in [3.8, 4) is 5.75 Å². The van der Waals surface area contributed by atoms with Gasteiger partial charge < -0.3 is 25.8 Å². The summed E-state index contributed by atoms with van der Waals surface area (Å²) in [5.41, 5.74) is 6.42. The van der Waals surface area contributed by atoms with Crippen molar-refractivity contribution in [1.82, 2.24) is 15.5 Å². The first-order chi connectivity index (χ1) is 12.7. The van der Waals surface area contributed by atoms with Gasteiger partial charge in [0.25, 0.3) is 5.91 Å². The topological polar surface area (TPSA) is 101 Å². The van der Waals surface area contributed by atoms with E-state index in [0.717, 1.165) is 45.0 Å². The molecule has 0 spiro atoms. The molecule has 1 aromatic carbocycles. The van der Waals surface area contributed by atoms with Crippen molar-refractivity contribution in [2.24, 2.45) is 10.7 Å². The normalized spacial score (nSPS) is 14.9. The molecular formula is C18H30IN5O3. The Labute approximate surface area is 177 Å². The van der Waals surface area contributed by atoms with Crippen molar-refractivity contribution in [2.45, 2.75) is 6.42 Å². The van der Waals surface area contributed by atoms with E-state index < -0.39 is 0 Å². The Kier molecular flexibility index (Phi) is 11.8. The fourth-order valence-corrected chi connectivity index (χ4v) is 2.59. The van der Waals surface area contributed by atoms with Crippen LogP contribution in [0.1, 0.15) is 16.8 Å². The zero-order chi connectivity index (χ0) is 18.6. The first-order valence-electron chi connectivity index (χ1n) is 8.95. The molecule has 0 aliphatic carbocycles. The number of aliphatic imine (C=N–C) groups is 1. The van der Waals surface area contributed by atoms with Gasteiger partial charge >= 0.3 is 0 Å². The van der Waals surface area contributed by atoms with Crippen LogP contribution < -0.4 is 21.1 Å². The maximum absolute atomic E-state index is 12.0. The molecular weight excluding hydrogens is 461 g/mol. The lowest BCUT2D eigenvalue weighted by Crippen LogP contribution is -2.39. The number of nitrogens with zero attached hydrogens (tertiary/aromatic N) is 2. The molecule has 0 atom stereocenters. The number of guanidine groups is 1. The van der Waals surface area contributed by atoms with E-state index in [2.05, 4.69) is 20.5 Å². The molecule has 1 saturated heterocycles. The summed E-state index contributed by atoms with van der Waals surface area (Å²) >= 11 is 0. The largest absolute Gasteiger partial charge is 0.497 e. The Morgan fingerprint density at radius 3 is 2.56 bits per heavy atom. The lowest BCUT2D eigenvalue weighted by atomic mass is 10.2. The third-order valence-electron chi connectivity index (χ3n) is 4.09. The van der Waals surface area contributed by atoms with E-state index in [1.165, 1.54) is 0 Å². The molecule has 9 heteroatoms. The second-order valence-electron chi connectivity index (χ2n) is 5.99. The SMILES string of the molecule is COc1ccc(C(=O)NCCNC(N)=NCCCN2CCOCC2)cc1.I. The highest BCUT2D eigenvalue weighted by atomic mass is 127. The minimum absolute atomic E-state index is 0. The van der Waals surface area contributed by atoms with Crippen molar-refractivity contribution >= 4 is 35.8 Å². The molecule has 27 heavy (non-hydrogen) atoms. The summed E-state index contributed by atoms with van der Waals surface area (Å²) in [6.07, 6.45) is 0.969. The van der Waals surface area contributed by atoms with Crippen molar-refractivity contribution < 1.29 is 14.3 Å². The van der Waals surface area contributed by atoms with E-state index in [1.54, 1.807) is 31.4 Å². The van der Waals surface area contributed by atoms with E-state index in [9.17, 15) is 4.79 Å². The zero-order valence-corrected chi connectivity index (χ0v) is 18.1. The molecule has 1 aromatic rings. The van der Waals surface area contributed by atoms with Gasteiger partial charge in [0.1, 0.15) is 5.75 Å². The first kappa shape index (κ1) is 23.4. The second-order valence-corrected chi connectivity index (χ2v) is 5.99. The standard InChI is InChI=1S/C18H29N5O3.HI/c1-25-16-5-3-15(4-6-16)17(24)20-8-9-22-18(19)21-7-2-10-23-11-13-26-14-12-23;/h3-6H,2,7-14H2,1H3,(H,20,24)(H3,19,21,22);1H. The van der Waals surface area contributed by atoms with Gasteiger partial charge in [-0.2, -0.15) is 0 Å². The van der Waals surface area contributed by atoms with Gasteiger partial charge in [-0.1, -0.05) is 0 Å². The van der Waals surface area contributed by atoms with E-state index in [-0.39, 0.29) is 29.9 Å². The van der Waals surface area contributed by atoms with Crippen LogP contribution in [0.2, 0.25) is 0 Å². The number of nitrogens with one attached hydrogen (secondary N) is 2. The van der Waals surface area contributed by atoms with Crippen LogP contribution in [0, 0.1) is 0 Å². The molecule has 1 aliphatic rings. The molecule has 1 fully saturated rings. The smallest absolute Gasteiger partial charge is 0.251 e. The highest BCUT2D eigenvalue weighted by molar-refractivity contribution is 14.0. The summed E-state index contributed by atoms with van der Waals surface area (Å²) < 4.78 is 10.4. The predicted molar refractivity (Wildman–Crippen MR) is 117 cm³/mol. The predicted octanol–water partition coefficient (Wildman–Crippen LogP) is 0.670. The van der Waals surface area contributed by atoms with Gasteiger partial charge in [0.2, 0.25) is 0 Å². The molecule has 0 radical (unpaired) electrons. The molecule has 0 saturated carbocycles. The lowest BCUT2D eigenvalue weighted by molar-refractivity contribution is 0.0377. The van der Waals surface area contributed by atoms with Crippen molar-refractivity contribution in [1.29, 1.82) is 0 Å². The molecule has 2 rings (SSSR count). The Hall–Kier alpha value is -1.59. The average Bonchev–Trinajstić information content (AvgIpc) is 2.69. The average molecular weight is 491 g/mol. The highest BCUT2D eigenvalue weighted by Crippen LogP contribution is 2.10. The zero-order valence-electron chi connectivity index (χ0n) is 15.8. The van der Waals surface area contributed by atoms with Gasteiger partial charge in [0, 0.05) is 44.8 Å². The van der Waals surface area contributed by atoms with Gasteiger partial charge in [-0.05, 0) is 30.7 Å². The Morgan fingerprint density at radius 2 is 1.89 bits per heavy atom. The minimum atomic E-state index is -0.129. The van der Waals surface area contributed by atoms with Gasteiger partial charge in [-0.15, -0.1) is 24.0 Å². The maximum atomic E-state index is 12.0. The van der Waals surface area contributed by atoms with Crippen LogP contribution in [-0.4, -0.2) is 76.4 Å². The molecule has 0 unspecified atom stereocenters. The monoisotopic (exact) mass is 491 g/mol. The van der Waals surface area contributed by atoms with Gasteiger partial charge in [-0.25, -0.2) is 0 Å². The highest BCUT2D eigenvalue weighted by Gasteiger charge is 2.09. The summed E-state index contributed by atoms with van der Waals surface area (Å²) in [6.45, 7) is 6.31. The molecule has 1 heterocycles. The maximum Gasteiger partial charge on any atom is 0.251 e. The van der Waals surface area contributed by atoms with Crippen molar-refractivity contribution in [2.75, 3.05) is 59.6 Å². The van der Waals surface area contributed by atoms with Crippen LogP contribution in [0.15, 0.2) is 29.3 Å². The molecule has 152 valence electrons. The molecule has 8 nitrogen and oxygen atoms in total. The number of carbonyl (C=O) groups is 1. The lowest BCUT2D eigenvalue weighted by Gasteiger charge is -2.26. The van der Waals surface area contributed by atoms with E-state index >= 15 is 0 Å². The number of nitrogens with two attached hydrogens (primary N) is 1. The summed E-state index contributed by atoms with van der Waals surface area (Å²) in [6, 6.07) is 6.97. The minimum Gasteiger partial charge on any atom is -0.497 e. The van der Waals surface area contributed by atoms with Gasteiger partial charge in [0.15, 0.2) is 5.96 Å². The number of amides is 1. The van der Waals surface area contributed by atoms with Crippen LogP contribution in [-0.2, 0) is 4.74 Å². The van der Waals surface area contributed by atoms with Crippen LogP contribution in [0.3, 0.4) is 0 Å². The van der Waals surface area contributed by atoms with E-state index in [1.807, 2.05) is 0 Å². The number of rotatable bonds is 9. The molecule has 0 aromatic heterocycles. The summed E-state index contributed by atoms with van der Waals surface area (Å²) in [4.78, 5) is 18.7. The molecule has 4 N–H and O–H groups in total. The fraction of sp³-hybridized carbons (Fsp3) is 0.556. The summed E-state index contributed by atoms with van der Waals surface area (Å²) in [5.74, 6) is 1.00. The van der Waals surface area contributed by atoms with Crippen molar-refractivity contribution in [3.05, 3.63) is 29.8 Å². The van der Waals surface area contributed by atoms with Gasteiger partial charge in [-0.3, -0.25) is 14.7 Å². The number of ether oxygens (including phenoxy) is 2. The van der Waals surface area contributed by atoms with Gasteiger partial charge in [0.05, 0.1) is 20.3 Å². The van der Waals surface area contributed by atoms with E-state index in [0.29, 0.717) is 31.2 Å². The van der Waals surface area contributed by atoms with Crippen LogP contribution >= 0.6 is 24.0 Å². The number of methoxy groups -OCH3 is 1. The second kappa shape index (κ2) is 13.6. The fourth-order valence-electron chi connectivity index (χ4n) is 2.59. The Bertz CT molecular complexity index is 577. The van der Waals surface area contributed by atoms with E-state index in [4.69, 9.17) is 15.2 Å². The number of benzene rings is 1. The number of carbonyl (C=O) groups excluding carboxylic acids is 1. The van der Waals surface area contributed by atoms with Crippen LogP contribution in [0.4, 0.5) is 0 Å². The van der Waals surface area contributed by atoms with Crippen molar-refractivity contribution in [3.63, 3.8) is 0 Å². The molecule has 1 aliphatic heterocycles. The summed E-state index contributed by atoms with van der Waals surface area (Å²) in [5, 5.41) is 5.84. The number of hydrogen-bond donors (Lipinski definition) is 3. The number of hydrogen-bond acceptors (Lipinski definition) is 5. The Balaban J connectivity index is 0.00000364. The quantitative estimate of drug-likeness (QED) is 0.203. The first-order valence-corrected chi connectivity index (χ1v) is 8.95. The third-order valence-corrected chi connectivity index (χ3v) is 4.09. The summed E-state index contributed by atoms with van der Waals surface area (Å²) in [7, 11) is 1.59.